The molecule has 0 unspecified atom stereocenters. The van der Waals surface area contributed by atoms with Gasteiger partial charge in [-0.1, -0.05) is 0 Å². The third kappa shape index (κ3) is 4.54. The summed E-state index contributed by atoms with van der Waals surface area (Å²) in [4.78, 5) is 14.0. The van der Waals surface area contributed by atoms with Crippen molar-refractivity contribution in [2.45, 2.75) is 65.1 Å². The number of hydrogen-bond donors (Lipinski definition) is 1. The van der Waals surface area contributed by atoms with Crippen molar-refractivity contribution in [1.82, 2.24) is 10.2 Å². The third-order valence-electron chi connectivity index (χ3n) is 3.38. The largest absolute Gasteiger partial charge is 0.447 e. The molecule has 4 heteroatoms. The number of rotatable bonds is 3. The Labute approximate surface area is 105 Å². The van der Waals surface area contributed by atoms with Crippen LogP contribution in [-0.4, -0.2) is 41.8 Å². The molecule has 0 bridgehead atoms. The van der Waals surface area contributed by atoms with Crippen LogP contribution in [-0.2, 0) is 4.74 Å². The summed E-state index contributed by atoms with van der Waals surface area (Å²) in [7, 11) is 0. The van der Waals surface area contributed by atoms with E-state index in [9.17, 15) is 4.79 Å². The molecule has 1 aliphatic rings. The first-order valence-electron chi connectivity index (χ1n) is 6.55. The first-order valence-corrected chi connectivity index (χ1v) is 6.55. The molecule has 0 aliphatic carbocycles. The van der Waals surface area contributed by atoms with E-state index in [1.807, 2.05) is 13.8 Å². The lowest BCUT2D eigenvalue weighted by atomic mass is 9.89. The van der Waals surface area contributed by atoms with E-state index in [0.29, 0.717) is 6.04 Å². The van der Waals surface area contributed by atoms with Gasteiger partial charge in [0, 0.05) is 24.7 Å². The van der Waals surface area contributed by atoms with Crippen molar-refractivity contribution < 1.29 is 9.53 Å². The predicted molar refractivity (Wildman–Crippen MR) is 69.1 cm³/mol. The van der Waals surface area contributed by atoms with E-state index < -0.39 is 0 Å². The molecule has 1 amide bonds. The van der Waals surface area contributed by atoms with Crippen LogP contribution in [0.1, 0.15) is 47.5 Å². The van der Waals surface area contributed by atoms with Gasteiger partial charge in [-0.05, 0) is 47.5 Å². The van der Waals surface area contributed by atoms with Gasteiger partial charge >= 0.3 is 6.09 Å². The van der Waals surface area contributed by atoms with Gasteiger partial charge in [0.05, 0.1) is 6.10 Å². The van der Waals surface area contributed by atoms with Gasteiger partial charge in [-0.15, -0.1) is 0 Å². The van der Waals surface area contributed by atoms with Crippen molar-refractivity contribution in [3.63, 3.8) is 0 Å². The van der Waals surface area contributed by atoms with E-state index in [2.05, 4.69) is 31.0 Å². The molecule has 1 N–H and O–H groups in total. The molecule has 100 valence electrons. The Hall–Kier alpha value is -0.770. The molecule has 0 aromatic heterocycles. The molecule has 0 atom stereocenters. The zero-order chi connectivity index (χ0) is 13.1. The van der Waals surface area contributed by atoms with E-state index in [0.717, 1.165) is 25.9 Å². The second kappa shape index (κ2) is 5.71. The van der Waals surface area contributed by atoms with E-state index in [1.165, 1.54) is 0 Å². The quantitative estimate of drug-likeness (QED) is 0.826. The number of ether oxygens (including phenoxy) is 1. The number of amides is 1. The zero-order valence-electron chi connectivity index (χ0n) is 11.7. The van der Waals surface area contributed by atoms with Gasteiger partial charge in [-0.2, -0.15) is 0 Å². The Morgan fingerprint density at radius 2 is 1.76 bits per heavy atom. The van der Waals surface area contributed by atoms with Crippen LogP contribution in [0.4, 0.5) is 4.79 Å². The fourth-order valence-corrected chi connectivity index (χ4v) is 2.15. The molecule has 4 nitrogen and oxygen atoms in total. The SMILES string of the molecule is CC(C)OC(=O)NC1(C)CCN(C(C)C)CC1. The van der Waals surface area contributed by atoms with E-state index in [1.54, 1.807) is 0 Å². The summed E-state index contributed by atoms with van der Waals surface area (Å²) in [6, 6.07) is 0.585. The van der Waals surface area contributed by atoms with Crippen LogP contribution in [0, 0.1) is 0 Å². The average molecular weight is 242 g/mol. The Balaban J connectivity index is 2.41. The van der Waals surface area contributed by atoms with Crippen molar-refractivity contribution in [2.75, 3.05) is 13.1 Å². The molecule has 1 fully saturated rings. The number of nitrogens with one attached hydrogen (secondary N) is 1. The fourth-order valence-electron chi connectivity index (χ4n) is 2.15. The smallest absolute Gasteiger partial charge is 0.407 e. The fraction of sp³-hybridized carbons (Fsp3) is 0.923. The van der Waals surface area contributed by atoms with Crippen LogP contribution in [0.3, 0.4) is 0 Å². The highest BCUT2D eigenvalue weighted by Gasteiger charge is 2.32. The summed E-state index contributed by atoms with van der Waals surface area (Å²) in [5, 5.41) is 3.00. The molecule has 17 heavy (non-hydrogen) atoms. The standard InChI is InChI=1S/C13H26N2O2/c1-10(2)15-8-6-13(5,7-9-15)14-12(16)17-11(3)4/h10-11H,6-9H2,1-5H3,(H,14,16). The first-order chi connectivity index (χ1) is 7.82. The van der Waals surface area contributed by atoms with Gasteiger partial charge in [0.1, 0.15) is 0 Å². The number of likely N-dealkylation sites (tertiary alicyclic amines) is 1. The molecular weight excluding hydrogens is 216 g/mol. The normalized spacial score (nSPS) is 20.6. The Kier molecular flexibility index (Phi) is 4.80. The number of carbonyl (C=O) groups is 1. The number of nitrogens with zero attached hydrogens (tertiary/aromatic N) is 1. The summed E-state index contributed by atoms with van der Waals surface area (Å²) in [6.45, 7) is 12.3. The van der Waals surface area contributed by atoms with E-state index in [-0.39, 0.29) is 17.7 Å². The van der Waals surface area contributed by atoms with Gasteiger partial charge in [0.2, 0.25) is 0 Å². The maximum absolute atomic E-state index is 11.6. The number of alkyl carbamates (subject to hydrolysis) is 1. The van der Waals surface area contributed by atoms with Gasteiger partial charge in [-0.25, -0.2) is 4.79 Å². The maximum Gasteiger partial charge on any atom is 0.407 e. The summed E-state index contributed by atoms with van der Waals surface area (Å²) in [5.74, 6) is 0. The van der Waals surface area contributed by atoms with Crippen molar-refractivity contribution in [3.8, 4) is 0 Å². The molecule has 1 saturated heterocycles. The second-order valence-electron chi connectivity index (χ2n) is 5.77. The van der Waals surface area contributed by atoms with Crippen molar-refractivity contribution >= 4 is 6.09 Å². The Morgan fingerprint density at radius 1 is 1.24 bits per heavy atom. The molecule has 0 aromatic carbocycles. The van der Waals surface area contributed by atoms with Crippen LogP contribution < -0.4 is 5.32 Å². The Morgan fingerprint density at radius 3 is 2.18 bits per heavy atom. The topological polar surface area (TPSA) is 41.6 Å². The summed E-state index contributed by atoms with van der Waals surface area (Å²) in [6.07, 6.45) is 1.62. The van der Waals surface area contributed by atoms with Crippen LogP contribution >= 0.6 is 0 Å². The molecule has 1 heterocycles. The minimum Gasteiger partial charge on any atom is -0.447 e. The minimum absolute atomic E-state index is 0.0608. The number of hydrogen-bond acceptors (Lipinski definition) is 3. The van der Waals surface area contributed by atoms with Crippen LogP contribution in [0.5, 0.6) is 0 Å². The molecule has 0 saturated carbocycles. The third-order valence-corrected chi connectivity index (χ3v) is 3.38. The van der Waals surface area contributed by atoms with Gasteiger partial charge in [-0.3, -0.25) is 0 Å². The second-order valence-corrected chi connectivity index (χ2v) is 5.77. The number of piperidine rings is 1. The maximum atomic E-state index is 11.6. The van der Waals surface area contributed by atoms with Crippen LogP contribution in [0.25, 0.3) is 0 Å². The molecule has 1 rings (SSSR count). The van der Waals surface area contributed by atoms with E-state index in [4.69, 9.17) is 4.74 Å². The van der Waals surface area contributed by atoms with E-state index >= 15 is 0 Å². The van der Waals surface area contributed by atoms with Crippen LogP contribution in [0.15, 0.2) is 0 Å². The van der Waals surface area contributed by atoms with Crippen molar-refractivity contribution in [1.29, 1.82) is 0 Å². The zero-order valence-corrected chi connectivity index (χ0v) is 11.7. The van der Waals surface area contributed by atoms with Crippen molar-refractivity contribution in [3.05, 3.63) is 0 Å². The molecule has 0 spiro atoms. The molecule has 0 aromatic rings. The molecular formula is C13H26N2O2. The van der Waals surface area contributed by atoms with Gasteiger partial charge in [0.25, 0.3) is 0 Å². The highest BCUT2D eigenvalue weighted by Crippen LogP contribution is 2.23. The van der Waals surface area contributed by atoms with Crippen LogP contribution in [0.2, 0.25) is 0 Å². The predicted octanol–water partition coefficient (Wildman–Crippen LogP) is 2.38. The van der Waals surface area contributed by atoms with Gasteiger partial charge < -0.3 is 15.0 Å². The summed E-state index contributed by atoms with van der Waals surface area (Å²) < 4.78 is 5.13. The molecule has 0 radical (unpaired) electrons. The first kappa shape index (κ1) is 14.3. The molecule has 1 aliphatic heterocycles. The number of carbonyl (C=O) groups excluding carboxylic acids is 1. The summed E-state index contributed by atoms with van der Waals surface area (Å²) in [5.41, 5.74) is -0.114. The lowest BCUT2D eigenvalue weighted by Gasteiger charge is -2.41. The Bertz CT molecular complexity index is 256. The monoisotopic (exact) mass is 242 g/mol. The summed E-state index contributed by atoms with van der Waals surface area (Å²) >= 11 is 0. The lowest BCUT2D eigenvalue weighted by Crippen LogP contribution is -2.54. The van der Waals surface area contributed by atoms with Crippen molar-refractivity contribution in [2.24, 2.45) is 0 Å². The lowest BCUT2D eigenvalue weighted by molar-refractivity contribution is 0.0835. The van der Waals surface area contributed by atoms with Gasteiger partial charge in [0.15, 0.2) is 0 Å². The highest BCUT2D eigenvalue weighted by molar-refractivity contribution is 5.68. The highest BCUT2D eigenvalue weighted by atomic mass is 16.6. The average Bonchev–Trinajstić information content (AvgIpc) is 2.15. The minimum atomic E-state index is -0.291.